The van der Waals surface area contributed by atoms with Gasteiger partial charge in [-0.1, -0.05) is 30.3 Å². The normalized spacial score (nSPS) is 16.4. The zero-order valence-corrected chi connectivity index (χ0v) is 16.7. The van der Waals surface area contributed by atoms with E-state index in [1.807, 2.05) is 36.1 Å². The molecule has 0 N–H and O–H groups in total. The predicted octanol–water partition coefficient (Wildman–Crippen LogP) is 3.06. The summed E-state index contributed by atoms with van der Waals surface area (Å²) in [6.45, 7) is 11.2. The number of aromatic nitrogens is 1. The van der Waals surface area contributed by atoms with Crippen LogP contribution in [0.15, 0.2) is 36.4 Å². The van der Waals surface area contributed by atoms with Crippen molar-refractivity contribution in [1.29, 1.82) is 0 Å². The van der Waals surface area contributed by atoms with Crippen LogP contribution in [0.25, 0.3) is 0 Å². The van der Waals surface area contributed by atoms with Gasteiger partial charge in [-0.25, -0.2) is 0 Å². The second-order valence-electron chi connectivity index (χ2n) is 7.45. The SMILES string of the molecule is CC(=O)N1CCN(CC(=O)c2cc(C)n([C@@H](C)c3ccccc3)c2C)CC1. The van der Waals surface area contributed by atoms with Gasteiger partial charge in [0.05, 0.1) is 12.6 Å². The molecule has 1 aromatic heterocycles. The molecule has 144 valence electrons. The Morgan fingerprint density at radius 1 is 1.04 bits per heavy atom. The summed E-state index contributed by atoms with van der Waals surface area (Å²) in [5, 5.41) is 0. The summed E-state index contributed by atoms with van der Waals surface area (Å²) < 4.78 is 2.25. The van der Waals surface area contributed by atoms with Crippen molar-refractivity contribution in [3.05, 3.63) is 58.9 Å². The van der Waals surface area contributed by atoms with E-state index in [4.69, 9.17) is 0 Å². The van der Waals surface area contributed by atoms with E-state index >= 15 is 0 Å². The second-order valence-corrected chi connectivity index (χ2v) is 7.45. The minimum atomic E-state index is 0.111. The Morgan fingerprint density at radius 2 is 1.67 bits per heavy atom. The molecule has 0 aliphatic carbocycles. The van der Waals surface area contributed by atoms with Crippen molar-refractivity contribution in [2.45, 2.75) is 33.7 Å². The monoisotopic (exact) mass is 367 g/mol. The molecule has 0 unspecified atom stereocenters. The van der Waals surface area contributed by atoms with Crippen LogP contribution in [0, 0.1) is 13.8 Å². The average molecular weight is 367 g/mol. The summed E-state index contributed by atoms with van der Waals surface area (Å²) in [5.74, 6) is 0.269. The fourth-order valence-corrected chi connectivity index (χ4v) is 4.05. The Hall–Kier alpha value is -2.40. The molecule has 1 saturated heterocycles. The third-order valence-electron chi connectivity index (χ3n) is 5.64. The van der Waals surface area contributed by atoms with Gasteiger partial charge in [-0.05, 0) is 32.4 Å². The molecule has 1 fully saturated rings. The van der Waals surface area contributed by atoms with Crippen LogP contribution in [0.1, 0.15) is 47.2 Å². The van der Waals surface area contributed by atoms with Crippen molar-refractivity contribution in [2.24, 2.45) is 0 Å². The molecule has 0 spiro atoms. The number of benzene rings is 1. The molecule has 1 amide bonds. The topological polar surface area (TPSA) is 45.6 Å². The summed E-state index contributed by atoms with van der Waals surface area (Å²) in [6.07, 6.45) is 0. The first-order valence-corrected chi connectivity index (χ1v) is 9.63. The standard InChI is InChI=1S/C22H29N3O2/c1-16-14-21(18(3)25(16)17(2)20-8-6-5-7-9-20)22(27)15-23-10-12-24(13-11-23)19(4)26/h5-9,14,17H,10-13,15H2,1-4H3/t17-/m0/s1. The molecular formula is C22H29N3O2. The predicted molar refractivity (Wildman–Crippen MR) is 107 cm³/mol. The Bertz CT molecular complexity index is 818. The third kappa shape index (κ3) is 4.14. The number of nitrogens with zero attached hydrogens (tertiary/aromatic N) is 3. The number of aryl methyl sites for hydroxylation is 1. The molecule has 3 rings (SSSR count). The van der Waals surface area contributed by atoms with Gasteiger partial charge < -0.3 is 9.47 Å². The van der Waals surface area contributed by atoms with Crippen molar-refractivity contribution in [3.63, 3.8) is 0 Å². The number of carbonyl (C=O) groups excluding carboxylic acids is 2. The maximum Gasteiger partial charge on any atom is 0.219 e. The van der Waals surface area contributed by atoms with E-state index in [-0.39, 0.29) is 17.7 Å². The first-order valence-electron chi connectivity index (χ1n) is 9.63. The molecule has 5 heteroatoms. The molecular weight excluding hydrogens is 338 g/mol. The number of ketones is 1. The Balaban J connectivity index is 1.72. The Morgan fingerprint density at radius 3 is 2.26 bits per heavy atom. The van der Waals surface area contributed by atoms with Crippen molar-refractivity contribution in [3.8, 4) is 0 Å². The molecule has 2 aromatic rings. The van der Waals surface area contributed by atoms with Gasteiger partial charge in [0.25, 0.3) is 0 Å². The molecule has 1 aliphatic rings. The number of piperazine rings is 1. The molecule has 0 bridgehead atoms. The quantitative estimate of drug-likeness (QED) is 0.763. The minimum Gasteiger partial charge on any atom is -0.341 e. The first kappa shape index (κ1) is 19.4. The highest BCUT2D eigenvalue weighted by molar-refractivity contribution is 5.99. The van der Waals surface area contributed by atoms with Crippen LogP contribution in [0.2, 0.25) is 0 Å². The van der Waals surface area contributed by atoms with Crippen LogP contribution in [0.5, 0.6) is 0 Å². The van der Waals surface area contributed by atoms with E-state index in [0.29, 0.717) is 19.6 Å². The summed E-state index contributed by atoms with van der Waals surface area (Å²) in [6, 6.07) is 12.6. The van der Waals surface area contributed by atoms with Crippen LogP contribution in [0.3, 0.4) is 0 Å². The van der Waals surface area contributed by atoms with Crippen LogP contribution >= 0.6 is 0 Å². The lowest BCUT2D eigenvalue weighted by Gasteiger charge is -2.33. The van der Waals surface area contributed by atoms with Crippen LogP contribution in [-0.4, -0.2) is 58.8 Å². The van der Waals surface area contributed by atoms with Gasteiger partial charge in [-0.2, -0.15) is 0 Å². The lowest BCUT2D eigenvalue weighted by molar-refractivity contribution is -0.130. The summed E-state index contributed by atoms with van der Waals surface area (Å²) in [7, 11) is 0. The molecule has 5 nitrogen and oxygen atoms in total. The van der Waals surface area contributed by atoms with Crippen molar-refractivity contribution in [2.75, 3.05) is 32.7 Å². The zero-order valence-electron chi connectivity index (χ0n) is 16.7. The summed E-state index contributed by atoms with van der Waals surface area (Å²) in [5.41, 5.74) is 4.17. The van der Waals surface area contributed by atoms with Crippen molar-refractivity contribution in [1.82, 2.24) is 14.4 Å². The van der Waals surface area contributed by atoms with Crippen LogP contribution in [0.4, 0.5) is 0 Å². The summed E-state index contributed by atoms with van der Waals surface area (Å²) >= 11 is 0. The van der Waals surface area contributed by atoms with E-state index in [9.17, 15) is 9.59 Å². The van der Waals surface area contributed by atoms with Gasteiger partial charge in [0.15, 0.2) is 5.78 Å². The minimum absolute atomic E-state index is 0.111. The van der Waals surface area contributed by atoms with Gasteiger partial charge in [0, 0.05) is 50.1 Å². The lowest BCUT2D eigenvalue weighted by Crippen LogP contribution is -2.49. The van der Waals surface area contributed by atoms with Gasteiger partial charge >= 0.3 is 0 Å². The van der Waals surface area contributed by atoms with Gasteiger partial charge in [0.1, 0.15) is 0 Å². The van der Waals surface area contributed by atoms with E-state index < -0.39 is 0 Å². The number of Topliss-reactive ketones (excluding diaryl/α,β-unsaturated/α-hetero) is 1. The fourth-order valence-electron chi connectivity index (χ4n) is 4.05. The lowest BCUT2D eigenvalue weighted by atomic mass is 10.1. The number of hydrogen-bond donors (Lipinski definition) is 0. The Labute approximate surface area is 161 Å². The van der Waals surface area contributed by atoms with E-state index in [1.165, 1.54) is 5.56 Å². The van der Waals surface area contributed by atoms with E-state index in [0.717, 1.165) is 30.0 Å². The highest BCUT2D eigenvalue weighted by Gasteiger charge is 2.24. The first-order chi connectivity index (χ1) is 12.9. The highest BCUT2D eigenvalue weighted by atomic mass is 16.2. The molecule has 1 atom stereocenters. The highest BCUT2D eigenvalue weighted by Crippen LogP contribution is 2.26. The number of amides is 1. The maximum absolute atomic E-state index is 12.9. The van der Waals surface area contributed by atoms with Crippen molar-refractivity contribution < 1.29 is 9.59 Å². The molecule has 27 heavy (non-hydrogen) atoms. The average Bonchev–Trinajstić information content (AvgIpc) is 2.96. The number of hydrogen-bond acceptors (Lipinski definition) is 3. The number of carbonyl (C=O) groups is 2. The van der Waals surface area contributed by atoms with Gasteiger partial charge in [-0.3, -0.25) is 14.5 Å². The second kappa shape index (κ2) is 8.09. The number of rotatable bonds is 5. The largest absolute Gasteiger partial charge is 0.341 e. The molecule has 2 heterocycles. The summed E-state index contributed by atoms with van der Waals surface area (Å²) in [4.78, 5) is 28.4. The smallest absolute Gasteiger partial charge is 0.219 e. The zero-order chi connectivity index (χ0) is 19.6. The maximum atomic E-state index is 12.9. The molecule has 0 radical (unpaired) electrons. The van der Waals surface area contributed by atoms with Gasteiger partial charge in [-0.15, -0.1) is 0 Å². The third-order valence-corrected chi connectivity index (χ3v) is 5.64. The van der Waals surface area contributed by atoms with Crippen molar-refractivity contribution >= 4 is 11.7 Å². The van der Waals surface area contributed by atoms with E-state index in [1.54, 1.807) is 6.92 Å². The van der Waals surface area contributed by atoms with Gasteiger partial charge in [0.2, 0.25) is 5.91 Å². The Kier molecular flexibility index (Phi) is 5.80. The molecule has 1 aromatic carbocycles. The fraction of sp³-hybridized carbons (Fsp3) is 0.455. The molecule has 0 saturated carbocycles. The molecule has 1 aliphatic heterocycles. The van der Waals surface area contributed by atoms with Crippen LogP contribution < -0.4 is 0 Å². The van der Waals surface area contributed by atoms with Crippen LogP contribution in [-0.2, 0) is 4.79 Å². The van der Waals surface area contributed by atoms with E-state index in [2.05, 4.69) is 35.4 Å².